The second-order valence-electron chi connectivity index (χ2n) is 7.28. The molecule has 1 heterocycles. The van der Waals surface area contributed by atoms with Crippen molar-refractivity contribution in [1.29, 1.82) is 0 Å². The summed E-state index contributed by atoms with van der Waals surface area (Å²) in [5, 5.41) is 3.08. The van der Waals surface area contributed by atoms with Crippen molar-refractivity contribution in [3.05, 3.63) is 60.2 Å². The van der Waals surface area contributed by atoms with E-state index in [4.69, 9.17) is 15.2 Å². The first-order valence-corrected chi connectivity index (χ1v) is 10.3. The maximum Gasteiger partial charge on any atom is 0.193 e. The van der Waals surface area contributed by atoms with Gasteiger partial charge in [-0.1, -0.05) is 42.5 Å². The Morgan fingerprint density at radius 1 is 1.10 bits per heavy atom. The van der Waals surface area contributed by atoms with Gasteiger partial charge in [0.05, 0.1) is 18.9 Å². The van der Waals surface area contributed by atoms with Crippen molar-refractivity contribution in [2.75, 3.05) is 38.7 Å². The molecule has 2 aromatic rings. The number of likely N-dealkylation sites (tertiary alicyclic amines) is 1. The van der Waals surface area contributed by atoms with E-state index in [2.05, 4.69) is 45.5 Å². The molecule has 0 bridgehead atoms. The molecular formula is C23H32N4O2. The first-order chi connectivity index (χ1) is 14.2. The van der Waals surface area contributed by atoms with Gasteiger partial charge >= 0.3 is 0 Å². The number of para-hydroxylation sites is 2. The third kappa shape index (κ3) is 7.07. The van der Waals surface area contributed by atoms with Crippen LogP contribution in [-0.4, -0.2) is 50.3 Å². The summed E-state index contributed by atoms with van der Waals surface area (Å²) in [5.41, 5.74) is 8.16. The predicted octanol–water partition coefficient (Wildman–Crippen LogP) is 3.49. The van der Waals surface area contributed by atoms with Gasteiger partial charge in [-0.3, -0.25) is 9.89 Å². The van der Waals surface area contributed by atoms with Gasteiger partial charge in [-0.2, -0.15) is 0 Å². The minimum Gasteiger partial charge on any atom is -0.495 e. The van der Waals surface area contributed by atoms with E-state index in [0.717, 1.165) is 56.9 Å². The van der Waals surface area contributed by atoms with Crippen LogP contribution in [0.25, 0.3) is 0 Å². The van der Waals surface area contributed by atoms with Crippen molar-refractivity contribution < 1.29 is 9.47 Å². The predicted molar refractivity (Wildman–Crippen MR) is 118 cm³/mol. The van der Waals surface area contributed by atoms with Gasteiger partial charge in [0.25, 0.3) is 0 Å². The standard InChI is InChI=1S/C23H32N4O2/c1-28-22-11-6-5-10-21(22)26-23(24)25-14-7-17-29-20-12-15-27(16-13-20)18-19-8-3-2-4-9-19/h2-6,8-11,20H,7,12-18H2,1H3,(H3,24,25,26). The first-order valence-electron chi connectivity index (χ1n) is 10.3. The number of methoxy groups -OCH3 is 1. The molecule has 0 unspecified atom stereocenters. The van der Waals surface area contributed by atoms with E-state index < -0.39 is 0 Å². The largest absolute Gasteiger partial charge is 0.495 e. The molecule has 156 valence electrons. The fourth-order valence-electron chi connectivity index (χ4n) is 3.52. The molecule has 29 heavy (non-hydrogen) atoms. The Hall–Kier alpha value is -2.57. The molecule has 0 amide bonds. The van der Waals surface area contributed by atoms with Crippen LogP contribution in [0.1, 0.15) is 24.8 Å². The second-order valence-corrected chi connectivity index (χ2v) is 7.28. The number of hydrogen-bond donors (Lipinski definition) is 2. The van der Waals surface area contributed by atoms with E-state index in [0.29, 0.717) is 18.6 Å². The number of hydrogen-bond acceptors (Lipinski definition) is 4. The number of nitrogens with zero attached hydrogens (tertiary/aromatic N) is 2. The Morgan fingerprint density at radius 3 is 2.59 bits per heavy atom. The highest BCUT2D eigenvalue weighted by Crippen LogP contribution is 2.22. The van der Waals surface area contributed by atoms with Crippen LogP contribution in [0.2, 0.25) is 0 Å². The lowest BCUT2D eigenvalue weighted by atomic mass is 10.1. The van der Waals surface area contributed by atoms with Crippen LogP contribution >= 0.6 is 0 Å². The van der Waals surface area contributed by atoms with Crippen molar-refractivity contribution in [3.63, 3.8) is 0 Å². The van der Waals surface area contributed by atoms with Crippen molar-refractivity contribution >= 4 is 11.6 Å². The summed E-state index contributed by atoms with van der Waals surface area (Å²) in [6.07, 6.45) is 3.40. The van der Waals surface area contributed by atoms with E-state index in [-0.39, 0.29) is 0 Å². The molecule has 0 radical (unpaired) electrons. The summed E-state index contributed by atoms with van der Waals surface area (Å²) in [4.78, 5) is 6.88. The van der Waals surface area contributed by atoms with Gasteiger partial charge in [0.2, 0.25) is 0 Å². The van der Waals surface area contributed by atoms with Crippen LogP contribution in [0.3, 0.4) is 0 Å². The molecule has 0 aromatic heterocycles. The topological polar surface area (TPSA) is 72.1 Å². The summed E-state index contributed by atoms with van der Waals surface area (Å²) in [6, 6.07) is 18.3. The number of rotatable bonds is 9. The lowest BCUT2D eigenvalue weighted by Gasteiger charge is -2.31. The summed E-state index contributed by atoms with van der Waals surface area (Å²) in [7, 11) is 1.64. The Labute approximate surface area is 173 Å². The number of nitrogens with two attached hydrogens (primary N) is 1. The summed E-state index contributed by atoms with van der Waals surface area (Å²) in [5.74, 6) is 1.14. The van der Waals surface area contributed by atoms with Crippen molar-refractivity contribution in [2.45, 2.75) is 31.9 Å². The zero-order chi connectivity index (χ0) is 20.3. The maximum atomic E-state index is 6.04. The van der Waals surface area contributed by atoms with Gasteiger partial charge < -0.3 is 20.5 Å². The smallest absolute Gasteiger partial charge is 0.193 e. The number of piperidine rings is 1. The van der Waals surface area contributed by atoms with Gasteiger partial charge in [-0.25, -0.2) is 0 Å². The molecule has 3 N–H and O–H groups in total. The van der Waals surface area contributed by atoms with Crippen LogP contribution in [-0.2, 0) is 11.3 Å². The van der Waals surface area contributed by atoms with Crippen LogP contribution < -0.4 is 15.8 Å². The Kier molecular flexibility index (Phi) is 8.34. The van der Waals surface area contributed by atoms with Gasteiger partial charge in [0.15, 0.2) is 5.96 Å². The van der Waals surface area contributed by atoms with E-state index in [1.165, 1.54) is 5.56 Å². The average Bonchev–Trinajstić information content (AvgIpc) is 2.76. The summed E-state index contributed by atoms with van der Waals surface area (Å²) < 4.78 is 11.3. The zero-order valence-corrected chi connectivity index (χ0v) is 17.2. The summed E-state index contributed by atoms with van der Waals surface area (Å²) in [6.45, 7) is 4.57. The Morgan fingerprint density at radius 2 is 1.83 bits per heavy atom. The molecule has 0 atom stereocenters. The van der Waals surface area contributed by atoms with Crippen LogP contribution in [0, 0.1) is 0 Å². The molecule has 0 spiro atoms. The maximum absolute atomic E-state index is 6.04. The number of aliphatic imine (C=N–C) groups is 1. The minimum absolute atomic E-state index is 0.357. The molecule has 2 aromatic carbocycles. The van der Waals surface area contributed by atoms with E-state index in [9.17, 15) is 0 Å². The zero-order valence-electron chi connectivity index (χ0n) is 17.2. The Balaban J connectivity index is 1.29. The summed E-state index contributed by atoms with van der Waals surface area (Å²) >= 11 is 0. The molecule has 0 aliphatic carbocycles. The molecule has 3 rings (SSSR count). The van der Waals surface area contributed by atoms with Crippen LogP contribution in [0.4, 0.5) is 5.69 Å². The highest BCUT2D eigenvalue weighted by atomic mass is 16.5. The van der Waals surface area contributed by atoms with Gasteiger partial charge in [-0.05, 0) is 37.0 Å². The molecule has 1 aliphatic heterocycles. The van der Waals surface area contributed by atoms with Crippen molar-refractivity contribution in [1.82, 2.24) is 4.90 Å². The Bertz CT molecular complexity index is 758. The molecular weight excluding hydrogens is 364 g/mol. The number of ether oxygens (including phenoxy) is 2. The van der Waals surface area contributed by atoms with Gasteiger partial charge in [0.1, 0.15) is 5.75 Å². The molecule has 1 saturated heterocycles. The second kappa shape index (κ2) is 11.4. The SMILES string of the molecule is COc1ccccc1NC(N)=NCCCOC1CCN(Cc2ccccc2)CC1. The normalized spacial score (nSPS) is 16.0. The lowest BCUT2D eigenvalue weighted by Crippen LogP contribution is -2.36. The number of nitrogens with one attached hydrogen (secondary N) is 1. The van der Waals surface area contributed by atoms with Crippen LogP contribution in [0.5, 0.6) is 5.75 Å². The fourth-order valence-corrected chi connectivity index (χ4v) is 3.52. The number of benzene rings is 2. The fraction of sp³-hybridized carbons (Fsp3) is 0.435. The first kappa shape index (κ1) is 21.1. The van der Waals surface area contributed by atoms with Crippen molar-refractivity contribution in [2.24, 2.45) is 10.7 Å². The average molecular weight is 397 g/mol. The van der Waals surface area contributed by atoms with E-state index in [1.54, 1.807) is 7.11 Å². The van der Waals surface area contributed by atoms with Crippen molar-refractivity contribution in [3.8, 4) is 5.75 Å². The van der Waals surface area contributed by atoms with E-state index in [1.807, 2.05) is 24.3 Å². The quantitative estimate of drug-likeness (QED) is 0.386. The molecule has 6 nitrogen and oxygen atoms in total. The molecule has 1 fully saturated rings. The third-order valence-corrected chi connectivity index (χ3v) is 5.09. The molecule has 6 heteroatoms. The highest BCUT2D eigenvalue weighted by molar-refractivity contribution is 5.93. The van der Waals surface area contributed by atoms with Gasteiger partial charge in [-0.15, -0.1) is 0 Å². The van der Waals surface area contributed by atoms with Crippen LogP contribution in [0.15, 0.2) is 59.6 Å². The monoisotopic (exact) mass is 396 g/mol. The minimum atomic E-state index is 0.357. The van der Waals surface area contributed by atoms with Gasteiger partial charge in [0, 0.05) is 32.8 Å². The molecule has 1 aliphatic rings. The lowest BCUT2D eigenvalue weighted by molar-refractivity contribution is 0.00566. The number of guanidine groups is 1. The van der Waals surface area contributed by atoms with E-state index >= 15 is 0 Å². The highest BCUT2D eigenvalue weighted by Gasteiger charge is 2.19. The third-order valence-electron chi connectivity index (χ3n) is 5.09. The number of anilines is 1. The molecule has 0 saturated carbocycles.